The van der Waals surface area contributed by atoms with Crippen LogP contribution in [-0.2, 0) is 7.05 Å². The van der Waals surface area contributed by atoms with Gasteiger partial charge in [-0.25, -0.2) is 0 Å². The minimum absolute atomic E-state index is 0.748. The van der Waals surface area contributed by atoms with Crippen molar-refractivity contribution in [3.8, 4) is 17.3 Å². The maximum atomic E-state index is 8.98. The molecule has 0 aliphatic carbocycles. The van der Waals surface area contributed by atoms with Gasteiger partial charge in [-0.05, 0) is 25.5 Å². The van der Waals surface area contributed by atoms with Crippen LogP contribution >= 0.6 is 0 Å². The Hall–Kier alpha value is -2.01. The standard InChI is InChI=1S/C14H14N2/c1-10-4-6-12(7-5-10)14-8-13(9-15)11(2)16(14)3/h4-8H,1-3H3. The Balaban J connectivity index is 2.57. The van der Waals surface area contributed by atoms with E-state index in [9.17, 15) is 0 Å². The van der Waals surface area contributed by atoms with Crippen LogP contribution in [0.5, 0.6) is 0 Å². The smallest absolute Gasteiger partial charge is 0.101 e. The fraction of sp³-hybridized carbons (Fsp3) is 0.214. The molecule has 0 radical (unpaired) electrons. The van der Waals surface area contributed by atoms with E-state index in [-0.39, 0.29) is 0 Å². The van der Waals surface area contributed by atoms with Crippen LogP contribution in [-0.4, -0.2) is 4.57 Å². The molecule has 0 fully saturated rings. The Bertz CT molecular complexity index is 554. The number of aromatic nitrogens is 1. The summed E-state index contributed by atoms with van der Waals surface area (Å²) in [5.41, 5.74) is 5.25. The zero-order chi connectivity index (χ0) is 11.7. The van der Waals surface area contributed by atoms with Gasteiger partial charge in [0.2, 0.25) is 0 Å². The zero-order valence-electron chi connectivity index (χ0n) is 9.78. The lowest BCUT2D eigenvalue weighted by atomic mass is 10.1. The number of nitriles is 1. The molecule has 1 aromatic heterocycles. The Kier molecular flexibility index (Phi) is 2.54. The van der Waals surface area contributed by atoms with Crippen molar-refractivity contribution >= 4 is 0 Å². The molecule has 16 heavy (non-hydrogen) atoms. The van der Waals surface area contributed by atoms with Crippen molar-refractivity contribution in [2.24, 2.45) is 7.05 Å². The van der Waals surface area contributed by atoms with Crippen molar-refractivity contribution in [2.75, 3.05) is 0 Å². The third-order valence-electron chi connectivity index (χ3n) is 3.00. The predicted molar refractivity (Wildman–Crippen MR) is 65.0 cm³/mol. The van der Waals surface area contributed by atoms with Crippen LogP contribution in [0.25, 0.3) is 11.3 Å². The van der Waals surface area contributed by atoms with Crippen molar-refractivity contribution in [1.29, 1.82) is 5.26 Å². The topological polar surface area (TPSA) is 28.7 Å². The molecule has 0 N–H and O–H groups in total. The minimum Gasteiger partial charge on any atom is -0.347 e. The maximum absolute atomic E-state index is 8.98. The van der Waals surface area contributed by atoms with Crippen LogP contribution in [0.3, 0.4) is 0 Å². The monoisotopic (exact) mass is 210 g/mol. The summed E-state index contributed by atoms with van der Waals surface area (Å²) < 4.78 is 2.06. The summed E-state index contributed by atoms with van der Waals surface area (Å²) >= 11 is 0. The van der Waals surface area contributed by atoms with Crippen LogP contribution in [0.2, 0.25) is 0 Å². The molecule has 2 heteroatoms. The van der Waals surface area contributed by atoms with Gasteiger partial charge in [-0.3, -0.25) is 0 Å². The lowest BCUT2D eigenvalue weighted by Gasteiger charge is -2.05. The van der Waals surface area contributed by atoms with Crippen LogP contribution in [0.1, 0.15) is 16.8 Å². The molecule has 80 valence electrons. The average Bonchev–Trinajstić information content (AvgIpc) is 2.57. The molecule has 0 amide bonds. The van der Waals surface area contributed by atoms with E-state index in [1.54, 1.807) is 0 Å². The largest absolute Gasteiger partial charge is 0.347 e. The third-order valence-corrected chi connectivity index (χ3v) is 3.00. The summed E-state index contributed by atoms with van der Waals surface area (Å²) in [6.45, 7) is 4.04. The fourth-order valence-corrected chi connectivity index (χ4v) is 1.81. The van der Waals surface area contributed by atoms with E-state index in [1.165, 1.54) is 5.56 Å². The Morgan fingerprint density at radius 3 is 2.25 bits per heavy atom. The molecule has 0 saturated carbocycles. The highest BCUT2D eigenvalue weighted by atomic mass is 15.0. The van der Waals surface area contributed by atoms with E-state index in [0.29, 0.717) is 0 Å². The summed E-state index contributed by atoms with van der Waals surface area (Å²) in [5.74, 6) is 0. The highest BCUT2D eigenvalue weighted by molar-refractivity contribution is 5.64. The van der Waals surface area contributed by atoms with Gasteiger partial charge in [-0.15, -0.1) is 0 Å². The third kappa shape index (κ3) is 1.61. The SMILES string of the molecule is Cc1ccc(-c2cc(C#N)c(C)n2C)cc1. The summed E-state index contributed by atoms with van der Waals surface area (Å²) in [5, 5.41) is 8.98. The summed E-state index contributed by atoms with van der Waals surface area (Å²) in [7, 11) is 1.99. The molecule has 2 nitrogen and oxygen atoms in total. The number of aryl methyl sites for hydroxylation is 1. The first-order valence-corrected chi connectivity index (χ1v) is 5.27. The highest BCUT2D eigenvalue weighted by Gasteiger charge is 2.09. The van der Waals surface area contributed by atoms with Gasteiger partial charge in [0.25, 0.3) is 0 Å². The van der Waals surface area contributed by atoms with Crippen molar-refractivity contribution in [3.05, 3.63) is 47.2 Å². The van der Waals surface area contributed by atoms with E-state index in [4.69, 9.17) is 5.26 Å². The van der Waals surface area contributed by atoms with Gasteiger partial charge in [0.15, 0.2) is 0 Å². The first-order valence-electron chi connectivity index (χ1n) is 5.27. The van der Waals surface area contributed by atoms with Crippen molar-refractivity contribution in [3.63, 3.8) is 0 Å². The lowest BCUT2D eigenvalue weighted by Crippen LogP contribution is -1.94. The molecule has 0 atom stereocenters. The average molecular weight is 210 g/mol. The number of hydrogen-bond acceptors (Lipinski definition) is 1. The predicted octanol–water partition coefficient (Wildman–Crippen LogP) is 3.18. The molecule has 0 bridgehead atoms. The summed E-state index contributed by atoms with van der Waals surface area (Å²) in [6, 6.07) is 12.5. The van der Waals surface area contributed by atoms with Crippen molar-refractivity contribution < 1.29 is 0 Å². The van der Waals surface area contributed by atoms with Crippen LogP contribution in [0.15, 0.2) is 30.3 Å². The minimum atomic E-state index is 0.748. The van der Waals surface area contributed by atoms with Crippen LogP contribution < -0.4 is 0 Å². The molecule has 0 spiro atoms. The van der Waals surface area contributed by atoms with Gasteiger partial charge >= 0.3 is 0 Å². The summed E-state index contributed by atoms with van der Waals surface area (Å²) in [6.07, 6.45) is 0. The van der Waals surface area contributed by atoms with Crippen LogP contribution in [0, 0.1) is 25.2 Å². The van der Waals surface area contributed by atoms with Crippen molar-refractivity contribution in [2.45, 2.75) is 13.8 Å². The quantitative estimate of drug-likeness (QED) is 0.710. The van der Waals surface area contributed by atoms with E-state index in [2.05, 4.69) is 41.8 Å². The first kappa shape index (κ1) is 10.5. The second-order valence-electron chi connectivity index (χ2n) is 4.07. The van der Waals surface area contributed by atoms with E-state index in [1.807, 2.05) is 20.0 Å². The van der Waals surface area contributed by atoms with E-state index < -0.39 is 0 Å². The molecule has 1 aromatic carbocycles. The van der Waals surface area contributed by atoms with Crippen LogP contribution in [0.4, 0.5) is 0 Å². The maximum Gasteiger partial charge on any atom is 0.101 e. The number of benzene rings is 1. The van der Waals surface area contributed by atoms with Gasteiger partial charge in [-0.2, -0.15) is 5.26 Å². The Labute approximate surface area is 95.8 Å². The molecule has 2 aromatic rings. The molecular formula is C14H14N2. The number of hydrogen-bond donors (Lipinski definition) is 0. The Morgan fingerprint density at radius 2 is 1.75 bits per heavy atom. The first-order chi connectivity index (χ1) is 7.63. The van der Waals surface area contributed by atoms with E-state index >= 15 is 0 Å². The highest BCUT2D eigenvalue weighted by Crippen LogP contribution is 2.24. The van der Waals surface area contributed by atoms with Gasteiger partial charge in [0, 0.05) is 18.4 Å². The van der Waals surface area contributed by atoms with Gasteiger partial charge < -0.3 is 4.57 Å². The molecule has 0 saturated heterocycles. The fourth-order valence-electron chi connectivity index (χ4n) is 1.81. The zero-order valence-corrected chi connectivity index (χ0v) is 9.78. The van der Waals surface area contributed by atoms with Crippen molar-refractivity contribution in [1.82, 2.24) is 4.57 Å². The molecule has 0 aliphatic rings. The van der Waals surface area contributed by atoms with Gasteiger partial charge in [-0.1, -0.05) is 29.8 Å². The lowest BCUT2D eigenvalue weighted by molar-refractivity contribution is 0.888. The molecule has 0 aliphatic heterocycles. The normalized spacial score (nSPS) is 10.1. The van der Waals surface area contributed by atoms with Gasteiger partial charge in [0.1, 0.15) is 6.07 Å². The molecule has 1 heterocycles. The molecular weight excluding hydrogens is 196 g/mol. The van der Waals surface area contributed by atoms with Gasteiger partial charge in [0.05, 0.1) is 5.56 Å². The van der Waals surface area contributed by atoms with E-state index in [0.717, 1.165) is 22.5 Å². The second kappa shape index (κ2) is 3.86. The number of nitrogens with zero attached hydrogens (tertiary/aromatic N) is 2. The number of rotatable bonds is 1. The molecule has 2 rings (SSSR count). The summed E-state index contributed by atoms with van der Waals surface area (Å²) in [4.78, 5) is 0. The Morgan fingerprint density at radius 1 is 1.12 bits per heavy atom. The second-order valence-corrected chi connectivity index (χ2v) is 4.07. The molecule has 0 unspecified atom stereocenters.